The number of ether oxygens (including phenoxy) is 1. The second-order valence-electron chi connectivity index (χ2n) is 4.59. The molecule has 4 nitrogen and oxygen atoms in total. The molecule has 2 N–H and O–H groups in total. The van der Waals surface area contributed by atoms with E-state index in [2.05, 4.69) is 13.8 Å². The number of hydrogen-bond donors (Lipinski definition) is 2. The summed E-state index contributed by atoms with van der Waals surface area (Å²) in [6.07, 6.45) is 0. The molecule has 1 rings (SSSR count). The van der Waals surface area contributed by atoms with Gasteiger partial charge in [0.25, 0.3) is 0 Å². The van der Waals surface area contributed by atoms with Crippen molar-refractivity contribution >= 4 is 5.97 Å². The van der Waals surface area contributed by atoms with Crippen LogP contribution >= 0.6 is 0 Å². The molecule has 0 saturated carbocycles. The number of aliphatic hydroxyl groups is 1. The van der Waals surface area contributed by atoms with E-state index in [1.165, 1.54) is 12.5 Å². The van der Waals surface area contributed by atoms with Gasteiger partial charge in [0.1, 0.15) is 12.4 Å². The van der Waals surface area contributed by atoms with E-state index in [9.17, 15) is 9.90 Å². The summed E-state index contributed by atoms with van der Waals surface area (Å²) in [7, 11) is 0. The van der Waals surface area contributed by atoms with E-state index in [1.807, 2.05) is 12.1 Å². The van der Waals surface area contributed by atoms with Gasteiger partial charge in [-0.1, -0.05) is 26.0 Å². The van der Waals surface area contributed by atoms with Crippen LogP contribution < -0.4 is 4.74 Å². The second-order valence-corrected chi connectivity index (χ2v) is 4.59. The number of carbonyl (C=O) groups is 1. The van der Waals surface area contributed by atoms with Crippen LogP contribution in [0.2, 0.25) is 0 Å². The Bertz CT molecular complexity index is 379. The Morgan fingerprint density at radius 2 is 1.88 bits per heavy atom. The molecule has 0 aromatic heterocycles. The van der Waals surface area contributed by atoms with Crippen molar-refractivity contribution in [2.24, 2.45) is 0 Å². The SMILES string of the molecule is CC(C)c1ccc(OCC(C)(O)C(=O)O)cc1. The fraction of sp³-hybridized carbons (Fsp3) is 0.462. The molecule has 0 aliphatic heterocycles. The molecule has 0 aliphatic carbocycles. The molecule has 0 fully saturated rings. The number of carboxylic acids is 1. The zero-order valence-electron chi connectivity index (χ0n) is 10.3. The minimum atomic E-state index is -1.86. The predicted molar refractivity (Wildman–Crippen MR) is 64.3 cm³/mol. The summed E-state index contributed by atoms with van der Waals surface area (Å²) in [5.41, 5.74) is -0.682. The monoisotopic (exact) mass is 238 g/mol. The van der Waals surface area contributed by atoms with E-state index in [1.54, 1.807) is 12.1 Å². The minimum Gasteiger partial charge on any atom is -0.490 e. The van der Waals surface area contributed by atoms with Crippen molar-refractivity contribution in [3.63, 3.8) is 0 Å². The molecule has 17 heavy (non-hydrogen) atoms. The van der Waals surface area contributed by atoms with Gasteiger partial charge in [0.2, 0.25) is 0 Å². The van der Waals surface area contributed by atoms with Crippen LogP contribution in [-0.4, -0.2) is 28.4 Å². The molecule has 0 saturated heterocycles. The maximum Gasteiger partial charge on any atom is 0.339 e. The highest BCUT2D eigenvalue weighted by Crippen LogP contribution is 2.19. The third kappa shape index (κ3) is 3.75. The molecule has 0 bridgehead atoms. The number of hydrogen-bond acceptors (Lipinski definition) is 3. The number of aliphatic carboxylic acids is 1. The standard InChI is InChI=1S/C13H18O4/c1-9(2)10-4-6-11(7-5-10)17-8-13(3,16)12(14)15/h4-7,9,16H,8H2,1-3H3,(H,14,15). The smallest absolute Gasteiger partial charge is 0.339 e. The van der Waals surface area contributed by atoms with E-state index in [0.717, 1.165) is 0 Å². The number of benzene rings is 1. The lowest BCUT2D eigenvalue weighted by molar-refractivity contribution is -0.159. The Morgan fingerprint density at radius 1 is 1.35 bits per heavy atom. The molecule has 0 spiro atoms. The summed E-state index contributed by atoms with van der Waals surface area (Å²) in [4.78, 5) is 10.7. The zero-order chi connectivity index (χ0) is 13.1. The van der Waals surface area contributed by atoms with Crippen LogP contribution in [0.15, 0.2) is 24.3 Å². The van der Waals surface area contributed by atoms with Gasteiger partial charge in [0, 0.05) is 0 Å². The summed E-state index contributed by atoms with van der Waals surface area (Å²) in [6.45, 7) is 5.11. The van der Waals surface area contributed by atoms with Gasteiger partial charge in [-0.15, -0.1) is 0 Å². The minimum absolute atomic E-state index is 0.274. The van der Waals surface area contributed by atoms with Gasteiger partial charge in [-0.2, -0.15) is 0 Å². The molecule has 94 valence electrons. The van der Waals surface area contributed by atoms with Crippen LogP contribution in [0.5, 0.6) is 5.75 Å². The third-order valence-corrected chi connectivity index (χ3v) is 2.53. The molecule has 1 aromatic rings. The van der Waals surface area contributed by atoms with Crippen molar-refractivity contribution in [2.45, 2.75) is 32.3 Å². The van der Waals surface area contributed by atoms with Gasteiger partial charge in [0.15, 0.2) is 5.60 Å². The van der Waals surface area contributed by atoms with E-state index < -0.39 is 11.6 Å². The Balaban J connectivity index is 2.62. The van der Waals surface area contributed by atoms with Crippen molar-refractivity contribution in [1.82, 2.24) is 0 Å². The molecule has 1 unspecified atom stereocenters. The van der Waals surface area contributed by atoms with Gasteiger partial charge in [-0.3, -0.25) is 0 Å². The predicted octanol–water partition coefficient (Wildman–Crippen LogP) is 2.02. The van der Waals surface area contributed by atoms with Gasteiger partial charge in [-0.25, -0.2) is 4.79 Å². The lowest BCUT2D eigenvalue weighted by atomic mass is 10.0. The van der Waals surface area contributed by atoms with E-state index in [-0.39, 0.29) is 6.61 Å². The average molecular weight is 238 g/mol. The van der Waals surface area contributed by atoms with E-state index >= 15 is 0 Å². The molecular weight excluding hydrogens is 220 g/mol. The second kappa shape index (κ2) is 5.19. The molecule has 0 amide bonds. The highest BCUT2D eigenvalue weighted by molar-refractivity contribution is 5.76. The number of carboxylic acid groups (broad SMARTS) is 1. The molecule has 4 heteroatoms. The molecule has 1 aromatic carbocycles. The highest BCUT2D eigenvalue weighted by Gasteiger charge is 2.30. The van der Waals surface area contributed by atoms with Crippen molar-refractivity contribution in [1.29, 1.82) is 0 Å². The molecular formula is C13H18O4. The van der Waals surface area contributed by atoms with Crippen LogP contribution in [0.25, 0.3) is 0 Å². The molecule has 0 heterocycles. The van der Waals surface area contributed by atoms with E-state index in [0.29, 0.717) is 11.7 Å². The van der Waals surface area contributed by atoms with Crippen LogP contribution in [0.3, 0.4) is 0 Å². The van der Waals surface area contributed by atoms with Crippen molar-refractivity contribution in [3.05, 3.63) is 29.8 Å². The number of rotatable bonds is 5. The summed E-state index contributed by atoms with van der Waals surface area (Å²) in [6, 6.07) is 7.39. The Hall–Kier alpha value is -1.55. The largest absolute Gasteiger partial charge is 0.490 e. The molecule has 0 radical (unpaired) electrons. The lowest BCUT2D eigenvalue weighted by Crippen LogP contribution is -2.41. The highest BCUT2D eigenvalue weighted by atomic mass is 16.5. The Morgan fingerprint density at radius 3 is 2.29 bits per heavy atom. The molecule has 0 aliphatic rings. The van der Waals surface area contributed by atoms with Gasteiger partial charge < -0.3 is 14.9 Å². The van der Waals surface area contributed by atoms with Crippen molar-refractivity contribution in [2.75, 3.05) is 6.61 Å². The maximum atomic E-state index is 10.7. The first-order valence-electron chi connectivity index (χ1n) is 5.51. The van der Waals surface area contributed by atoms with Crippen LogP contribution in [0.4, 0.5) is 0 Å². The van der Waals surface area contributed by atoms with Crippen LogP contribution in [0.1, 0.15) is 32.3 Å². The van der Waals surface area contributed by atoms with Crippen LogP contribution in [-0.2, 0) is 4.79 Å². The van der Waals surface area contributed by atoms with Gasteiger partial charge in [-0.05, 0) is 30.5 Å². The fourth-order valence-corrected chi connectivity index (χ4v) is 1.23. The fourth-order valence-electron chi connectivity index (χ4n) is 1.23. The summed E-state index contributed by atoms with van der Waals surface area (Å²) >= 11 is 0. The normalized spacial score (nSPS) is 14.4. The van der Waals surface area contributed by atoms with E-state index in [4.69, 9.17) is 9.84 Å². The Kier molecular flexibility index (Phi) is 4.12. The molecule has 1 atom stereocenters. The van der Waals surface area contributed by atoms with Crippen molar-refractivity contribution < 1.29 is 19.7 Å². The first-order chi connectivity index (χ1) is 7.83. The van der Waals surface area contributed by atoms with Gasteiger partial charge in [0.05, 0.1) is 0 Å². The first kappa shape index (κ1) is 13.5. The van der Waals surface area contributed by atoms with Crippen molar-refractivity contribution in [3.8, 4) is 5.75 Å². The van der Waals surface area contributed by atoms with Crippen LogP contribution in [0, 0.1) is 0 Å². The topological polar surface area (TPSA) is 66.8 Å². The summed E-state index contributed by atoms with van der Waals surface area (Å²) < 4.78 is 5.24. The first-order valence-corrected chi connectivity index (χ1v) is 5.51. The summed E-state index contributed by atoms with van der Waals surface area (Å²) in [5.74, 6) is -0.307. The maximum absolute atomic E-state index is 10.7. The average Bonchev–Trinajstić information content (AvgIpc) is 2.27. The van der Waals surface area contributed by atoms with Gasteiger partial charge >= 0.3 is 5.97 Å². The quantitative estimate of drug-likeness (QED) is 0.823. The Labute approximate surface area is 101 Å². The zero-order valence-corrected chi connectivity index (χ0v) is 10.3. The summed E-state index contributed by atoms with van der Waals surface area (Å²) in [5, 5.41) is 18.2. The lowest BCUT2D eigenvalue weighted by Gasteiger charge is -2.18. The third-order valence-electron chi connectivity index (χ3n) is 2.53.